The van der Waals surface area contributed by atoms with Crippen LogP contribution in [0, 0.1) is 0 Å². The van der Waals surface area contributed by atoms with E-state index in [9.17, 15) is 13.2 Å². The highest BCUT2D eigenvalue weighted by molar-refractivity contribution is 7.89. The average molecular weight is 373 g/mol. The standard InChI is InChI=1S/C12H20N4O3S.2ClH/c1-13-8-9-16(2)12(17)5-7-15-20(18,19)11-4-3-6-14-10-11;;/h3-4,6,10,13,15H,5,7-9H2,1-2H3;2*1H. The Kier molecular flexibility index (Phi) is 12.3. The second-order valence-electron chi connectivity index (χ2n) is 4.26. The van der Waals surface area contributed by atoms with Crippen LogP contribution in [-0.4, -0.2) is 57.9 Å². The molecule has 2 N–H and O–H groups in total. The van der Waals surface area contributed by atoms with Gasteiger partial charge in [0.25, 0.3) is 0 Å². The quantitative estimate of drug-likeness (QED) is 0.683. The first-order chi connectivity index (χ1) is 9.47. The Labute approximate surface area is 143 Å². The SMILES string of the molecule is CNCCN(C)C(=O)CCNS(=O)(=O)c1cccnc1.Cl.Cl. The molecule has 1 rings (SSSR count). The van der Waals surface area contributed by atoms with Crippen molar-refractivity contribution in [1.82, 2.24) is 19.9 Å². The number of carbonyl (C=O) groups excluding carboxylic acids is 1. The number of likely N-dealkylation sites (N-methyl/N-ethyl adjacent to an activating group) is 2. The van der Waals surface area contributed by atoms with E-state index in [2.05, 4.69) is 15.0 Å². The predicted octanol–water partition coefficient (Wildman–Crippen LogP) is 0.271. The highest BCUT2D eigenvalue weighted by Gasteiger charge is 2.15. The number of sulfonamides is 1. The monoisotopic (exact) mass is 372 g/mol. The average Bonchev–Trinajstić information content (AvgIpc) is 2.45. The summed E-state index contributed by atoms with van der Waals surface area (Å²) >= 11 is 0. The maximum Gasteiger partial charge on any atom is 0.242 e. The van der Waals surface area contributed by atoms with Crippen LogP contribution in [0.2, 0.25) is 0 Å². The maximum absolute atomic E-state index is 11.9. The molecule has 0 aliphatic heterocycles. The molecule has 0 fully saturated rings. The van der Waals surface area contributed by atoms with Gasteiger partial charge in [0.2, 0.25) is 15.9 Å². The summed E-state index contributed by atoms with van der Waals surface area (Å²) in [7, 11) is -0.0985. The molecule has 0 aromatic carbocycles. The Balaban J connectivity index is 0. The van der Waals surface area contributed by atoms with E-state index >= 15 is 0 Å². The molecule has 1 amide bonds. The van der Waals surface area contributed by atoms with Gasteiger partial charge in [0.15, 0.2) is 0 Å². The molecule has 1 aromatic heterocycles. The number of amides is 1. The topological polar surface area (TPSA) is 91.4 Å². The van der Waals surface area contributed by atoms with E-state index in [1.165, 1.54) is 18.5 Å². The lowest BCUT2D eigenvalue weighted by Crippen LogP contribution is -2.35. The third kappa shape index (κ3) is 7.90. The number of hydrogen-bond donors (Lipinski definition) is 2. The zero-order valence-corrected chi connectivity index (χ0v) is 14.9. The first-order valence-corrected chi connectivity index (χ1v) is 7.74. The maximum atomic E-state index is 11.9. The molecular weight excluding hydrogens is 351 g/mol. The van der Waals surface area contributed by atoms with Gasteiger partial charge in [-0.1, -0.05) is 0 Å². The predicted molar refractivity (Wildman–Crippen MR) is 90.1 cm³/mol. The van der Waals surface area contributed by atoms with E-state index in [0.29, 0.717) is 13.1 Å². The van der Waals surface area contributed by atoms with Crippen LogP contribution < -0.4 is 10.0 Å². The van der Waals surface area contributed by atoms with Gasteiger partial charge in [0.05, 0.1) is 0 Å². The fourth-order valence-corrected chi connectivity index (χ4v) is 2.47. The number of carbonyl (C=O) groups is 1. The van der Waals surface area contributed by atoms with Crippen LogP contribution in [0.15, 0.2) is 29.4 Å². The van der Waals surface area contributed by atoms with Crippen LogP contribution in [-0.2, 0) is 14.8 Å². The summed E-state index contributed by atoms with van der Waals surface area (Å²) < 4.78 is 26.1. The van der Waals surface area contributed by atoms with Gasteiger partial charge in [0.1, 0.15) is 4.90 Å². The number of nitrogens with one attached hydrogen (secondary N) is 2. The van der Waals surface area contributed by atoms with Crippen LogP contribution in [0.5, 0.6) is 0 Å². The zero-order valence-electron chi connectivity index (χ0n) is 12.5. The van der Waals surface area contributed by atoms with Crippen LogP contribution in [0.4, 0.5) is 0 Å². The van der Waals surface area contributed by atoms with Crippen molar-refractivity contribution in [3.05, 3.63) is 24.5 Å². The van der Waals surface area contributed by atoms with Gasteiger partial charge in [-0.15, -0.1) is 24.8 Å². The second kappa shape index (κ2) is 11.6. The lowest BCUT2D eigenvalue weighted by molar-refractivity contribution is -0.129. The molecule has 0 bridgehead atoms. The molecule has 0 saturated carbocycles. The molecule has 22 heavy (non-hydrogen) atoms. The summed E-state index contributed by atoms with van der Waals surface area (Å²) in [4.78, 5) is 17.1. The zero-order chi connectivity index (χ0) is 15.0. The molecule has 0 spiro atoms. The molecule has 7 nitrogen and oxygen atoms in total. The minimum Gasteiger partial charge on any atom is -0.344 e. The van der Waals surface area contributed by atoms with Crippen molar-refractivity contribution in [2.45, 2.75) is 11.3 Å². The molecule has 0 aliphatic rings. The van der Waals surface area contributed by atoms with Gasteiger partial charge in [-0.2, -0.15) is 0 Å². The second-order valence-corrected chi connectivity index (χ2v) is 6.02. The van der Waals surface area contributed by atoms with E-state index in [0.717, 1.165) is 0 Å². The van der Waals surface area contributed by atoms with Gasteiger partial charge in [-0.25, -0.2) is 13.1 Å². The smallest absolute Gasteiger partial charge is 0.242 e. The van der Waals surface area contributed by atoms with Crippen molar-refractivity contribution in [2.75, 3.05) is 33.7 Å². The molecule has 0 unspecified atom stereocenters. The molecule has 1 aromatic rings. The summed E-state index contributed by atoms with van der Waals surface area (Å²) in [6.07, 6.45) is 2.89. The summed E-state index contributed by atoms with van der Waals surface area (Å²) in [6, 6.07) is 3.00. The van der Waals surface area contributed by atoms with Crippen molar-refractivity contribution in [2.24, 2.45) is 0 Å². The van der Waals surface area contributed by atoms with Crippen LogP contribution in [0.3, 0.4) is 0 Å². The Bertz CT molecular complexity index is 528. The summed E-state index contributed by atoms with van der Waals surface area (Å²) in [5.41, 5.74) is 0. The summed E-state index contributed by atoms with van der Waals surface area (Å²) in [5.74, 6) is -0.103. The Morgan fingerprint density at radius 1 is 1.32 bits per heavy atom. The van der Waals surface area contributed by atoms with E-state index in [1.807, 2.05) is 0 Å². The molecule has 128 valence electrons. The molecule has 0 atom stereocenters. The molecule has 1 heterocycles. The first kappa shape index (κ1) is 23.3. The molecule has 0 radical (unpaired) electrons. The number of rotatable bonds is 8. The molecular formula is C12H22Cl2N4O3S. The van der Waals surface area contributed by atoms with E-state index in [1.54, 1.807) is 25.1 Å². The van der Waals surface area contributed by atoms with Crippen molar-refractivity contribution in [3.8, 4) is 0 Å². The van der Waals surface area contributed by atoms with Crippen LogP contribution in [0.25, 0.3) is 0 Å². The van der Waals surface area contributed by atoms with Gasteiger partial charge in [-0.3, -0.25) is 9.78 Å². The number of aromatic nitrogens is 1. The third-order valence-electron chi connectivity index (χ3n) is 2.70. The fourth-order valence-electron chi connectivity index (χ4n) is 1.48. The summed E-state index contributed by atoms with van der Waals surface area (Å²) in [5, 5.41) is 2.94. The first-order valence-electron chi connectivity index (χ1n) is 6.25. The summed E-state index contributed by atoms with van der Waals surface area (Å²) in [6.45, 7) is 1.36. The molecule has 0 saturated heterocycles. The van der Waals surface area contributed by atoms with Crippen LogP contribution in [0.1, 0.15) is 6.42 Å². The van der Waals surface area contributed by atoms with E-state index in [-0.39, 0.29) is 48.6 Å². The number of pyridine rings is 1. The van der Waals surface area contributed by atoms with Crippen LogP contribution >= 0.6 is 24.8 Å². The van der Waals surface area contributed by atoms with Crippen molar-refractivity contribution in [1.29, 1.82) is 0 Å². The lowest BCUT2D eigenvalue weighted by Gasteiger charge is -2.16. The largest absolute Gasteiger partial charge is 0.344 e. The Morgan fingerprint density at radius 2 is 2.00 bits per heavy atom. The Morgan fingerprint density at radius 3 is 2.55 bits per heavy atom. The third-order valence-corrected chi connectivity index (χ3v) is 4.14. The van der Waals surface area contributed by atoms with Gasteiger partial charge >= 0.3 is 0 Å². The highest BCUT2D eigenvalue weighted by Crippen LogP contribution is 2.05. The van der Waals surface area contributed by atoms with E-state index < -0.39 is 10.0 Å². The number of nitrogens with zero attached hydrogens (tertiary/aromatic N) is 2. The minimum atomic E-state index is -3.59. The molecule has 10 heteroatoms. The van der Waals surface area contributed by atoms with E-state index in [4.69, 9.17) is 0 Å². The van der Waals surface area contributed by atoms with Crippen molar-refractivity contribution >= 4 is 40.7 Å². The highest BCUT2D eigenvalue weighted by atomic mass is 35.5. The normalized spacial score (nSPS) is 10.3. The van der Waals surface area contributed by atoms with Crippen molar-refractivity contribution < 1.29 is 13.2 Å². The van der Waals surface area contributed by atoms with Gasteiger partial charge in [-0.05, 0) is 19.2 Å². The molecule has 0 aliphatic carbocycles. The van der Waals surface area contributed by atoms with Gasteiger partial charge < -0.3 is 10.2 Å². The number of halogens is 2. The fraction of sp³-hybridized carbons (Fsp3) is 0.500. The van der Waals surface area contributed by atoms with Gasteiger partial charge in [0, 0.05) is 45.5 Å². The number of hydrogen-bond acceptors (Lipinski definition) is 5. The lowest BCUT2D eigenvalue weighted by atomic mass is 10.3. The van der Waals surface area contributed by atoms with Crippen molar-refractivity contribution in [3.63, 3.8) is 0 Å². The minimum absolute atomic E-state index is 0. The Hall–Kier alpha value is -0.930.